The predicted octanol–water partition coefficient (Wildman–Crippen LogP) is 5.05. The van der Waals surface area contributed by atoms with Crippen molar-refractivity contribution < 1.29 is 9.18 Å². The molecule has 1 N–H and O–H groups in total. The van der Waals surface area contributed by atoms with E-state index in [2.05, 4.69) is 21.2 Å². The van der Waals surface area contributed by atoms with Crippen molar-refractivity contribution in [1.82, 2.24) is 0 Å². The number of hydrogen-bond acceptors (Lipinski definition) is 2. The number of carbonyl (C=O) groups excluding carboxylic acids is 1. The van der Waals surface area contributed by atoms with Crippen LogP contribution in [0.2, 0.25) is 5.02 Å². The number of ketones is 1. The highest BCUT2D eigenvalue weighted by Crippen LogP contribution is 2.19. The second-order valence-corrected chi connectivity index (χ2v) is 5.30. The molecule has 0 radical (unpaired) electrons. The summed E-state index contributed by atoms with van der Waals surface area (Å²) in [5.74, 6) is -0.606. The van der Waals surface area contributed by atoms with Crippen LogP contribution in [-0.2, 0) is 0 Å². The predicted molar refractivity (Wildman–Crippen MR) is 82.6 cm³/mol. The van der Waals surface area contributed by atoms with E-state index < -0.39 is 5.82 Å². The molecule has 2 nitrogen and oxygen atoms in total. The largest absolute Gasteiger partial charge is 0.361 e. The number of halogens is 3. The highest BCUT2D eigenvalue weighted by molar-refractivity contribution is 9.10. The van der Waals surface area contributed by atoms with Crippen LogP contribution in [0.3, 0.4) is 0 Å². The molecule has 2 rings (SSSR count). The van der Waals surface area contributed by atoms with Crippen LogP contribution in [0.5, 0.6) is 0 Å². The number of nitrogens with one attached hydrogen (secondary N) is 1. The second kappa shape index (κ2) is 6.68. The summed E-state index contributed by atoms with van der Waals surface area (Å²) >= 11 is 8.96. The minimum atomic E-state index is -0.480. The van der Waals surface area contributed by atoms with Gasteiger partial charge < -0.3 is 5.32 Å². The molecule has 0 aromatic heterocycles. The lowest BCUT2D eigenvalue weighted by atomic mass is 10.1. The Bertz CT molecular complexity index is 655. The van der Waals surface area contributed by atoms with Gasteiger partial charge in [-0.3, -0.25) is 4.79 Å². The molecular weight excluding hydrogens is 345 g/mol. The lowest BCUT2D eigenvalue weighted by molar-refractivity contribution is 0.104. The van der Waals surface area contributed by atoms with Crippen molar-refractivity contribution in [2.45, 2.75) is 0 Å². The molecule has 0 spiro atoms. The summed E-state index contributed by atoms with van der Waals surface area (Å²) in [6, 6.07) is 11.3. The van der Waals surface area contributed by atoms with Crippen LogP contribution in [0.1, 0.15) is 10.4 Å². The Morgan fingerprint density at radius 3 is 2.55 bits per heavy atom. The van der Waals surface area contributed by atoms with E-state index in [1.807, 2.05) is 0 Å². The minimum absolute atomic E-state index is 0.0302. The van der Waals surface area contributed by atoms with Crippen LogP contribution in [0.25, 0.3) is 0 Å². The maximum absolute atomic E-state index is 13.0. The molecule has 5 heteroatoms. The van der Waals surface area contributed by atoms with Gasteiger partial charge in [0.1, 0.15) is 5.82 Å². The van der Waals surface area contributed by atoms with Crippen LogP contribution >= 0.6 is 27.5 Å². The lowest BCUT2D eigenvalue weighted by Crippen LogP contribution is -1.96. The third kappa shape index (κ3) is 3.92. The molecular formula is C15H10BrClFNO. The summed E-state index contributed by atoms with van der Waals surface area (Å²) in [4.78, 5) is 11.8. The number of hydrogen-bond donors (Lipinski definition) is 1. The molecule has 2 aromatic carbocycles. The molecule has 0 heterocycles. The number of anilines is 1. The standard InChI is InChI=1S/C15H10BrClFNO/c16-11-3-1-10(2-4-11)15(20)7-8-19-12-5-6-14(18)13(17)9-12/h1-9,19H/b8-7+. The third-order valence-corrected chi connectivity index (χ3v) is 3.35. The van der Waals surface area contributed by atoms with Gasteiger partial charge in [-0.1, -0.05) is 27.5 Å². The number of carbonyl (C=O) groups is 1. The molecule has 20 heavy (non-hydrogen) atoms. The normalized spacial score (nSPS) is 10.8. The molecule has 0 aliphatic heterocycles. The van der Waals surface area contributed by atoms with Crippen molar-refractivity contribution in [2.24, 2.45) is 0 Å². The minimum Gasteiger partial charge on any atom is -0.361 e. The van der Waals surface area contributed by atoms with Gasteiger partial charge in [0.25, 0.3) is 0 Å². The topological polar surface area (TPSA) is 29.1 Å². The van der Waals surface area contributed by atoms with E-state index in [-0.39, 0.29) is 10.8 Å². The maximum atomic E-state index is 13.0. The second-order valence-electron chi connectivity index (χ2n) is 3.98. The molecule has 0 bridgehead atoms. The molecule has 0 atom stereocenters. The van der Waals surface area contributed by atoms with Crippen LogP contribution in [0.4, 0.5) is 10.1 Å². The fourth-order valence-electron chi connectivity index (χ4n) is 1.51. The number of benzene rings is 2. The lowest BCUT2D eigenvalue weighted by Gasteiger charge is -2.01. The van der Waals surface area contributed by atoms with Gasteiger partial charge in [0.05, 0.1) is 5.02 Å². The Kier molecular flexibility index (Phi) is 4.93. The van der Waals surface area contributed by atoms with Gasteiger partial charge in [-0.05, 0) is 42.5 Å². The molecule has 0 aliphatic carbocycles. The van der Waals surface area contributed by atoms with Crippen molar-refractivity contribution in [3.63, 3.8) is 0 Å². The molecule has 2 aromatic rings. The van der Waals surface area contributed by atoms with Gasteiger partial charge in [-0.15, -0.1) is 0 Å². The molecule has 0 saturated heterocycles. The smallest absolute Gasteiger partial charge is 0.187 e. The summed E-state index contributed by atoms with van der Waals surface area (Å²) in [7, 11) is 0. The van der Waals surface area contributed by atoms with Gasteiger partial charge in [0.2, 0.25) is 0 Å². The first-order valence-corrected chi connectivity index (χ1v) is 6.91. The summed E-state index contributed by atoms with van der Waals surface area (Å²) in [6.45, 7) is 0. The first kappa shape index (κ1) is 14.8. The molecule has 0 fully saturated rings. The Hall–Kier alpha value is -1.65. The Morgan fingerprint density at radius 1 is 1.20 bits per heavy atom. The first-order valence-electron chi connectivity index (χ1n) is 5.74. The zero-order chi connectivity index (χ0) is 14.5. The van der Waals surface area contributed by atoms with Crippen molar-refractivity contribution in [3.05, 3.63) is 75.6 Å². The highest BCUT2D eigenvalue weighted by Gasteiger charge is 2.01. The third-order valence-electron chi connectivity index (χ3n) is 2.53. The van der Waals surface area contributed by atoms with Crippen molar-refractivity contribution in [2.75, 3.05) is 5.32 Å². The maximum Gasteiger partial charge on any atom is 0.187 e. The summed E-state index contributed by atoms with van der Waals surface area (Å²) < 4.78 is 13.9. The fourth-order valence-corrected chi connectivity index (χ4v) is 1.95. The van der Waals surface area contributed by atoms with Gasteiger partial charge in [-0.2, -0.15) is 0 Å². The molecule has 0 unspecified atom stereocenters. The van der Waals surface area contributed by atoms with Gasteiger partial charge in [-0.25, -0.2) is 4.39 Å². The van der Waals surface area contributed by atoms with Crippen molar-refractivity contribution in [3.8, 4) is 0 Å². The van der Waals surface area contributed by atoms with Gasteiger partial charge >= 0.3 is 0 Å². The van der Waals surface area contributed by atoms with E-state index in [9.17, 15) is 9.18 Å². The molecule has 0 saturated carbocycles. The zero-order valence-corrected chi connectivity index (χ0v) is 12.6. The van der Waals surface area contributed by atoms with Crippen LogP contribution in [0, 0.1) is 5.82 Å². The monoisotopic (exact) mass is 353 g/mol. The van der Waals surface area contributed by atoms with Crippen molar-refractivity contribution >= 4 is 39.0 Å². The van der Waals surface area contributed by atoms with Crippen LogP contribution in [-0.4, -0.2) is 5.78 Å². The number of allylic oxidation sites excluding steroid dienone is 1. The van der Waals surface area contributed by atoms with Gasteiger partial charge in [0.15, 0.2) is 5.78 Å². The van der Waals surface area contributed by atoms with Crippen LogP contribution in [0.15, 0.2) is 59.2 Å². The van der Waals surface area contributed by atoms with E-state index in [1.54, 1.807) is 24.3 Å². The first-order chi connectivity index (χ1) is 9.56. The molecule has 102 valence electrons. The Balaban J connectivity index is 2.00. The summed E-state index contributed by atoms with van der Waals surface area (Å²) in [5.41, 5.74) is 1.19. The fraction of sp³-hybridized carbons (Fsp3) is 0. The summed E-state index contributed by atoms with van der Waals surface area (Å²) in [5, 5.41) is 2.89. The van der Waals surface area contributed by atoms with E-state index in [0.29, 0.717) is 11.3 Å². The Labute approximate surface area is 129 Å². The average molecular weight is 355 g/mol. The van der Waals surface area contributed by atoms with Gasteiger partial charge in [0, 0.05) is 28.0 Å². The average Bonchev–Trinajstić information content (AvgIpc) is 2.43. The van der Waals surface area contributed by atoms with E-state index in [1.165, 1.54) is 30.5 Å². The summed E-state index contributed by atoms with van der Waals surface area (Å²) in [6.07, 6.45) is 2.90. The van der Waals surface area contributed by atoms with E-state index in [0.717, 1.165) is 4.47 Å². The Morgan fingerprint density at radius 2 is 1.90 bits per heavy atom. The zero-order valence-electron chi connectivity index (χ0n) is 10.2. The van der Waals surface area contributed by atoms with E-state index in [4.69, 9.17) is 11.6 Å². The number of rotatable bonds is 4. The molecule has 0 aliphatic rings. The highest BCUT2D eigenvalue weighted by atomic mass is 79.9. The van der Waals surface area contributed by atoms with E-state index >= 15 is 0 Å². The SMILES string of the molecule is O=C(/C=C/Nc1ccc(F)c(Cl)c1)c1ccc(Br)cc1. The molecule has 0 amide bonds. The van der Waals surface area contributed by atoms with Crippen LogP contribution < -0.4 is 5.32 Å². The van der Waals surface area contributed by atoms with Crippen molar-refractivity contribution in [1.29, 1.82) is 0 Å². The quantitative estimate of drug-likeness (QED) is 0.615.